The molecule has 35 heavy (non-hydrogen) atoms. The lowest BCUT2D eigenvalue weighted by Gasteiger charge is -2.59. The van der Waals surface area contributed by atoms with E-state index >= 15 is 0 Å². The van der Waals surface area contributed by atoms with Crippen molar-refractivity contribution in [2.24, 2.45) is 11.3 Å². The van der Waals surface area contributed by atoms with Gasteiger partial charge in [-0.25, -0.2) is 0 Å². The topological polar surface area (TPSA) is 127 Å². The summed E-state index contributed by atoms with van der Waals surface area (Å²) >= 11 is 0. The van der Waals surface area contributed by atoms with E-state index in [-0.39, 0.29) is 36.4 Å². The Balaban J connectivity index is 1.44. The van der Waals surface area contributed by atoms with E-state index in [9.17, 15) is 30.3 Å². The lowest BCUT2D eigenvalue weighted by atomic mass is 9.47. The zero-order chi connectivity index (χ0) is 25.6. The van der Waals surface area contributed by atoms with Crippen molar-refractivity contribution in [3.8, 4) is 0 Å². The highest BCUT2D eigenvalue weighted by atomic mass is 16.6. The minimum atomic E-state index is -1.76. The number of rotatable bonds is 2. The average molecular weight is 487 g/mol. The number of aliphatic hydroxyl groups is 5. The third-order valence-corrected chi connectivity index (χ3v) is 10.2. The van der Waals surface area contributed by atoms with Crippen LogP contribution in [-0.4, -0.2) is 66.6 Å². The maximum absolute atomic E-state index is 13.1. The van der Waals surface area contributed by atoms with Crippen molar-refractivity contribution in [1.29, 1.82) is 0 Å². The van der Waals surface area contributed by atoms with Crippen LogP contribution in [0, 0.1) is 11.3 Å². The predicted octanol–water partition coefficient (Wildman–Crippen LogP) is 2.08. The van der Waals surface area contributed by atoms with Gasteiger partial charge in [0.05, 0.1) is 23.2 Å². The van der Waals surface area contributed by atoms with Crippen LogP contribution in [0.2, 0.25) is 0 Å². The second kappa shape index (κ2) is 7.94. The Morgan fingerprint density at radius 2 is 1.83 bits per heavy atom. The number of aliphatic hydroxyl groups excluding tert-OH is 2. The first-order valence-corrected chi connectivity index (χ1v) is 12.8. The van der Waals surface area contributed by atoms with E-state index in [0.717, 1.165) is 29.5 Å². The number of carbonyl (C=O) groups excluding carboxylic acids is 1. The SMILES string of the molecule is C[C@@H](c1ccc2c(c1)CC[C@H]1[C@H]2C[C@@H](O)[C@@]2(O)CC=CC(=O)[C@]12C)C1C[C@@](C)(O)[C@](C)(O)C(O)O1. The zero-order valence-corrected chi connectivity index (χ0v) is 20.9. The van der Waals surface area contributed by atoms with Gasteiger partial charge < -0.3 is 30.3 Å². The van der Waals surface area contributed by atoms with Gasteiger partial charge >= 0.3 is 0 Å². The first-order chi connectivity index (χ1) is 16.2. The Kier molecular flexibility index (Phi) is 5.69. The molecule has 2 unspecified atom stereocenters. The van der Waals surface area contributed by atoms with E-state index in [1.54, 1.807) is 12.2 Å². The molecule has 3 aliphatic carbocycles. The first kappa shape index (κ1) is 25.1. The summed E-state index contributed by atoms with van der Waals surface area (Å²) in [5.41, 5.74) is -2.46. The molecule has 5 N–H and O–H groups in total. The summed E-state index contributed by atoms with van der Waals surface area (Å²) in [5, 5.41) is 54.1. The summed E-state index contributed by atoms with van der Waals surface area (Å²) in [4.78, 5) is 13.1. The monoisotopic (exact) mass is 486 g/mol. The quantitative estimate of drug-likeness (QED) is 0.433. The second-order valence-corrected chi connectivity index (χ2v) is 12.0. The lowest BCUT2D eigenvalue weighted by Crippen LogP contribution is -2.67. The summed E-state index contributed by atoms with van der Waals surface area (Å²) in [6, 6.07) is 6.21. The highest BCUT2D eigenvalue weighted by molar-refractivity contribution is 5.97. The number of ether oxygens (including phenoxy) is 1. The number of ketones is 1. The largest absolute Gasteiger partial charge is 0.390 e. The van der Waals surface area contributed by atoms with Gasteiger partial charge in [0.1, 0.15) is 11.2 Å². The fourth-order valence-electron chi connectivity index (χ4n) is 7.28. The normalized spacial score (nSPS) is 48.0. The summed E-state index contributed by atoms with van der Waals surface area (Å²) < 4.78 is 5.73. The van der Waals surface area contributed by atoms with E-state index in [2.05, 4.69) is 12.1 Å². The first-order valence-electron chi connectivity index (χ1n) is 12.8. The van der Waals surface area contributed by atoms with E-state index in [4.69, 9.17) is 4.74 Å². The predicted molar refractivity (Wildman–Crippen MR) is 129 cm³/mol. The van der Waals surface area contributed by atoms with Crippen molar-refractivity contribution in [2.75, 3.05) is 0 Å². The molecule has 1 saturated carbocycles. The van der Waals surface area contributed by atoms with Gasteiger partial charge in [0.25, 0.3) is 0 Å². The molecule has 7 heteroatoms. The highest BCUT2D eigenvalue weighted by Crippen LogP contribution is 2.60. The van der Waals surface area contributed by atoms with Crippen LogP contribution in [0.1, 0.15) is 81.9 Å². The summed E-state index contributed by atoms with van der Waals surface area (Å²) in [6.07, 6.45) is 2.66. The van der Waals surface area contributed by atoms with Crippen LogP contribution in [0.5, 0.6) is 0 Å². The summed E-state index contributed by atoms with van der Waals surface area (Å²) in [5.74, 6) is -0.329. The van der Waals surface area contributed by atoms with Gasteiger partial charge in [0.15, 0.2) is 12.1 Å². The van der Waals surface area contributed by atoms with Crippen molar-refractivity contribution >= 4 is 5.78 Å². The van der Waals surface area contributed by atoms with Gasteiger partial charge in [-0.3, -0.25) is 4.79 Å². The van der Waals surface area contributed by atoms with Crippen LogP contribution in [0.15, 0.2) is 30.4 Å². The number of fused-ring (bicyclic) bond motifs is 5. The number of hydrogen-bond donors (Lipinski definition) is 5. The van der Waals surface area contributed by atoms with Crippen molar-refractivity contribution in [2.45, 2.75) is 107 Å². The molecule has 0 spiro atoms. The summed E-state index contributed by atoms with van der Waals surface area (Å²) in [6.45, 7) is 6.70. The maximum Gasteiger partial charge on any atom is 0.186 e. The Morgan fingerprint density at radius 3 is 2.51 bits per heavy atom. The van der Waals surface area contributed by atoms with Crippen LogP contribution in [0.25, 0.3) is 0 Å². The molecule has 0 amide bonds. The molecular formula is C28H38O7. The van der Waals surface area contributed by atoms with Crippen LogP contribution >= 0.6 is 0 Å². The molecule has 10 atom stereocenters. The molecule has 2 fully saturated rings. The average Bonchev–Trinajstić information content (AvgIpc) is 2.79. The van der Waals surface area contributed by atoms with Crippen LogP contribution in [0.3, 0.4) is 0 Å². The molecule has 1 aromatic carbocycles. The van der Waals surface area contributed by atoms with Crippen LogP contribution in [0.4, 0.5) is 0 Å². The highest BCUT2D eigenvalue weighted by Gasteiger charge is 2.65. The zero-order valence-electron chi connectivity index (χ0n) is 20.9. The van der Waals surface area contributed by atoms with E-state index < -0.39 is 40.7 Å². The minimum absolute atomic E-state index is 0.0255. The molecule has 1 aliphatic heterocycles. The van der Waals surface area contributed by atoms with Gasteiger partial charge in [-0.15, -0.1) is 0 Å². The number of hydrogen-bond acceptors (Lipinski definition) is 7. The van der Waals surface area contributed by atoms with Gasteiger partial charge in [0, 0.05) is 12.3 Å². The van der Waals surface area contributed by atoms with Crippen molar-refractivity contribution in [3.63, 3.8) is 0 Å². The third kappa shape index (κ3) is 3.36. The fraction of sp³-hybridized carbons (Fsp3) is 0.679. The Hall–Kier alpha value is -1.61. The lowest BCUT2D eigenvalue weighted by molar-refractivity contribution is -0.321. The van der Waals surface area contributed by atoms with Gasteiger partial charge in [-0.2, -0.15) is 0 Å². The van der Waals surface area contributed by atoms with Gasteiger partial charge in [-0.1, -0.05) is 31.2 Å². The number of allylic oxidation sites excluding steroid dienone is 1. The van der Waals surface area contributed by atoms with Crippen molar-refractivity contribution in [3.05, 3.63) is 47.0 Å². The van der Waals surface area contributed by atoms with E-state index in [1.165, 1.54) is 13.8 Å². The van der Waals surface area contributed by atoms with Crippen molar-refractivity contribution < 1.29 is 35.1 Å². The van der Waals surface area contributed by atoms with Crippen molar-refractivity contribution in [1.82, 2.24) is 0 Å². The summed E-state index contributed by atoms with van der Waals surface area (Å²) in [7, 11) is 0. The molecule has 0 aromatic heterocycles. The molecule has 0 radical (unpaired) electrons. The van der Waals surface area contributed by atoms with Crippen LogP contribution < -0.4 is 0 Å². The molecule has 7 nitrogen and oxygen atoms in total. The molecule has 0 bridgehead atoms. The standard InChI is InChI=1S/C28H38O7/c1-15(21-14-25(2,32)27(4,33)24(31)35-21)16-7-9-18-17(12-16)8-10-20-19(18)13-23(30)28(34)11-5-6-22(29)26(20,28)3/h5-7,9,12,15,19-21,23-24,30-34H,8,10-11,13-14H2,1-4H3/t15-,19-,20-,21?,23+,24?,25+,26-,27+,28-/m0/s1. The molecule has 4 aliphatic rings. The molecular weight excluding hydrogens is 448 g/mol. The maximum atomic E-state index is 13.1. The molecule has 1 aromatic rings. The fourth-order valence-corrected chi connectivity index (χ4v) is 7.28. The minimum Gasteiger partial charge on any atom is -0.390 e. The Bertz CT molecular complexity index is 1060. The molecule has 192 valence electrons. The Morgan fingerprint density at radius 1 is 1.11 bits per heavy atom. The Labute approximate surface area is 206 Å². The number of benzene rings is 1. The number of carbonyl (C=O) groups is 1. The van der Waals surface area contributed by atoms with E-state index in [0.29, 0.717) is 6.42 Å². The van der Waals surface area contributed by atoms with Gasteiger partial charge in [-0.05, 0) is 81.1 Å². The van der Waals surface area contributed by atoms with Gasteiger partial charge in [0.2, 0.25) is 0 Å². The van der Waals surface area contributed by atoms with E-state index in [1.807, 2.05) is 19.9 Å². The number of aryl methyl sites for hydroxylation is 1. The third-order valence-electron chi connectivity index (χ3n) is 10.2. The molecule has 1 saturated heterocycles. The molecule has 1 heterocycles. The smallest absolute Gasteiger partial charge is 0.186 e. The second-order valence-electron chi connectivity index (χ2n) is 12.0. The molecule has 5 rings (SSSR count). The van der Waals surface area contributed by atoms with Crippen LogP contribution in [-0.2, 0) is 16.0 Å².